The van der Waals surface area contributed by atoms with Crippen molar-refractivity contribution in [1.82, 2.24) is 15.2 Å². The van der Waals surface area contributed by atoms with Crippen LogP contribution < -0.4 is 5.32 Å². The van der Waals surface area contributed by atoms with E-state index in [1.54, 1.807) is 24.1 Å². The van der Waals surface area contributed by atoms with Crippen molar-refractivity contribution in [3.63, 3.8) is 0 Å². The fourth-order valence-electron chi connectivity index (χ4n) is 2.23. The van der Waals surface area contributed by atoms with Crippen LogP contribution in [0.15, 0.2) is 18.3 Å². The van der Waals surface area contributed by atoms with Gasteiger partial charge in [0.05, 0.1) is 0 Å². The third-order valence-corrected chi connectivity index (χ3v) is 3.58. The van der Waals surface area contributed by atoms with Gasteiger partial charge in [0.1, 0.15) is 5.69 Å². The Bertz CT molecular complexity index is 485. The van der Waals surface area contributed by atoms with Gasteiger partial charge >= 0.3 is 0 Å². The Labute approximate surface area is 117 Å². The van der Waals surface area contributed by atoms with Crippen LogP contribution >= 0.6 is 11.6 Å². The number of aromatic nitrogens is 1. The number of carbonyl (C=O) groups is 2. The lowest BCUT2D eigenvalue weighted by Gasteiger charge is -2.30. The van der Waals surface area contributed by atoms with Crippen molar-refractivity contribution in [1.29, 1.82) is 0 Å². The Morgan fingerprint density at radius 2 is 2.11 bits per heavy atom. The molecule has 0 radical (unpaired) electrons. The van der Waals surface area contributed by atoms with Crippen LogP contribution in [0.5, 0.6) is 0 Å². The van der Waals surface area contributed by atoms with E-state index in [1.165, 1.54) is 6.20 Å². The van der Waals surface area contributed by atoms with Crippen molar-refractivity contribution >= 4 is 23.4 Å². The fourth-order valence-corrected chi connectivity index (χ4v) is 2.39. The van der Waals surface area contributed by atoms with Gasteiger partial charge in [0, 0.05) is 37.3 Å². The zero-order chi connectivity index (χ0) is 13.8. The number of carbonyl (C=O) groups excluding carboxylic acids is 2. The molecular weight excluding hydrogens is 266 g/mol. The van der Waals surface area contributed by atoms with Gasteiger partial charge in [-0.15, -0.1) is 0 Å². The number of pyridine rings is 1. The van der Waals surface area contributed by atoms with Gasteiger partial charge in [0.15, 0.2) is 0 Å². The molecule has 102 valence electrons. The minimum Gasteiger partial charge on any atom is -0.359 e. The lowest BCUT2D eigenvalue weighted by molar-refractivity contribution is -0.125. The van der Waals surface area contributed by atoms with Crippen LogP contribution in [0.3, 0.4) is 0 Å². The second-order valence-corrected chi connectivity index (χ2v) is 4.98. The topological polar surface area (TPSA) is 62.3 Å². The van der Waals surface area contributed by atoms with Crippen molar-refractivity contribution in [3.05, 3.63) is 29.0 Å². The van der Waals surface area contributed by atoms with Crippen molar-refractivity contribution in [2.24, 2.45) is 5.92 Å². The van der Waals surface area contributed by atoms with Gasteiger partial charge < -0.3 is 10.2 Å². The molecule has 0 aromatic carbocycles. The molecule has 1 aliphatic heterocycles. The number of likely N-dealkylation sites (tertiary alicyclic amines) is 1. The first-order chi connectivity index (χ1) is 9.11. The van der Waals surface area contributed by atoms with Crippen molar-refractivity contribution < 1.29 is 9.59 Å². The molecule has 1 saturated heterocycles. The van der Waals surface area contributed by atoms with Crippen LogP contribution in [0.1, 0.15) is 23.3 Å². The summed E-state index contributed by atoms with van der Waals surface area (Å²) in [5, 5.41) is 3.14. The molecule has 1 aromatic heterocycles. The molecule has 2 heterocycles. The maximum absolute atomic E-state index is 12.2. The molecule has 0 aliphatic carbocycles. The summed E-state index contributed by atoms with van der Waals surface area (Å²) >= 11 is 5.85. The van der Waals surface area contributed by atoms with Crippen LogP contribution in [0.25, 0.3) is 0 Å². The summed E-state index contributed by atoms with van der Waals surface area (Å²) in [6.45, 7) is 1.15. The molecule has 2 amide bonds. The third kappa shape index (κ3) is 3.23. The van der Waals surface area contributed by atoms with Gasteiger partial charge in [0.2, 0.25) is 5.91 Å². The summed E-state index contributed by atoms with van der Waals surface area (Å²) in [7, 11) is 1.63. The fraction of sp³-hybridized carbons (Fsp3) is 0.462. The molecule has 1 aliphatic rings. The molecule has 0 bridgehead atoms. The van der Waals surface area contributed by atoms with Crippen LogP contribution in [0, 0.1) is 5.92 Å². The largest absolute Gasteiger partial charge is 0.359 e. The summed E-state index contributed by atoms with van der Waals surface area (Å²) < 4.78 is 0. The van der Waals surface area contributed by atoms with E-state index in [2.05, 4.69) is 10.3 Å². The first kappa shape index (κ1) is 13.8. The number of rotatable bonds is 2. The van der Waals surface area contributed by atoms with E-state index in [-0.39, 0.29) is 17.7 Å². The van der Waals surface area contributed by atoms with Crippen LogP contribution in [0.2, 0.25) is 5.02 Å². The van der Waals surface area contributed by atoms with Gasteiger partial charge in [-0.3, -0.25) is 14.6 Å². The number of hydrogen-bond acceptors (Lipinski definition) is 3. The molecule has 0 unspecified atom stereocenters. The number of amides is 2. The van der Waals surface area contributed by atoms with Gasteiger partial charge in [0.25, 0.3) is 5.91 Å². The minimum absolute atomic E-state index is 0.00127. The number of nitrogens with one attached hydrogen (secondary N) is 1. The molecule has 5 nitrogen and oxygen atoms in total. The highest BCUT2D eigenvalue weighted by Gasteiger charge is 2.27. The summed E-state index contributed by atoms with van der Waals surface area (Å²) in [4.78, 5) is 29.5. The Hall–Kier alpha value is -1.62. The molecule has 1 fully saturated rings. The second-order valence-electron chi connectivity index (χ2n) is 4.54. The van der Waals surface area contributed by atoms with Crippen LogP contribution in [0.4, 0.5) is 0 Å². The quantitative estimate of drug-likeness (QED) is 0.890. The predicted octanol–water partition coefficient (Wildman–Crippen LogP) is 1.33. The Morgan fingerprint density at radius 1 is 1.42 bits per heavy atom. The average Bonchev–Trinajstić information content (AvgIpc) is 2.46. The first-order valence-electron chi connectivity index (χ1n) is 6.24. The van der Waals surface area contributed by atoms with E-state index < -0.39 is 0 Å². The summed E-state index contributed by atoms with van der Waals surface area (Å²) in [5.74, 6) is -0.0767. The predicted molar refractivity (Wildman–Crippen MR) is 71.9 cm³/mol. The summed E-state index contributed by atoms with van der Waals surface area (Å²) in [5.41, 5.74) is 0.353. The van der Waals surface area contributed by atoms with E-state index in [0.717, 1.165) is 0 Å². The molecule has 1 aromatic rings. The van der Waals surface area contributed by atoms with Crippen molar-refractivity contribution in [3.8, 4) is 0 Å². The van der Waals surface area contributed by atoms with Crippen molar-refractivity contribution in [2.45, 2.75) is 12.8 Å². The molecule has 0 atom stereocenters. The smallest absolute Gasteiger partial charge is 0.272 e. The highest BCUT2D eigenvalue weighted by molar-refractivity contribution is 6.30. The normalized spacial score (nSPS) is 16.2. The monoisotopic (exact) mass is 281 g/mol. The van der Waals surface area contributed by atoms with Gasteiger partial charge in [-0.25, -0.2) is 0 Å². The number of hydrogen-bond donors (Lipinski definition) is 1. The van der Waals surface area contributed by atoms with Gasteiger partial charge in [-0.2, -0.15) is 0 Å². The van der Waals surface area contributed by atoms with Crippen LogP contribution in [-0.2, 0) is 4.79 Å². The van der Waals surface area contributed by atoms with E-state index in [4.69, 9.17) is 11.6 Å². The second kappa shape index (κ2) is 6.02. The Balaban J connectivity index is 1.98. The van der Waals surface area contributed by atoms with E-state index >= 15 is 0 Å². The van der Waals surface area contributed by atoms with Crippen molar-refractivity contribution in [2.75, 3.05) is 20.1 Å². The summed E-state index contributed by atoms with van der Waals surface area (Å²) in [6, 6.07) is 3.20. The standard InChI is InChI=1S/C13H16ClN3O2/c1-15-12(18)9-3-6-17(7-4-9)13(19)11-8-10(14)2-5-16-11/h2,5,8-9H,3-4,6-7H2,1H3,(H,15,18). The van der Waals surface area contributed by atoms with Crippen LogP contribution in [-0.4, -0.2) is 41.8 Å². The molecule has 0 spiro atoms. The molecular formula is C13H16ClN3O2. The number of halogens is 1. The molecule has 2 rings (SSSR count). The van der Waals surface area contributed by atoms with E-state index in [1.807, 2.05) is 0 Å². The molecule has 6 heteroatoms. The zero-order valence-corrected chi connectivity index (χ0v) is 11.5. The molecule has 1 N–H and O–H groups in total. The maximum Gasteiger partial charge on any atom is 0.272 e. The molecule has 19 heavy (non-hydrogen) atoms. The first-order valence-corrected chi connectivity index (χ1v) is 6.62. The number of nitrogens with zero attached hydrogens (tertiary/aromatic N) is 2. The third-order valence-electron chi connectivity index (χ3n) is 3.34. The zero-order valence-electron chi connectivity index (χ0n) is 10.7. The highest BCUT2D eigenvalue weighted by Crippen LogP contribution is 2.19. The maximum atomic E-state index is 12.2. The average molecular weight is 282 g/mol. The Morgan fingerprint density at radius 3 is 2.68 bits per heavy atom. The summed E-state index contributed by atoms with van der Waals surface area (Å²) in [6.07, 6.45) is 2.89. The minimum atomic E-state index is -0.127. The van der Waals surface area contributed by atoms with E-state index in [0.29, 0.717) is 36.6 Å². The molecule has 0 saturated carbocycles. The van der Waals surface area contributed by atoms with E-state index in [9.17, 15) is 9.59 Å². The van der Waals surface area contributed by atoms with Gasteiger partial charge in [-0.05, 0) is 25.0 Å². The highest BCUT2D eigenvalue weighted by atomic mass is 35.5. The SMILES string of the molecule is CNC(=O)C1CCN(C(=O)c2cc(Cl)ccn2)CC1. The number of piperidine rings is 1. The lowest BCUT2D eigenvalue weighted by atomic mass is 9.96. The Kier molecular flexibility index (Phi) is 4.37. The lowest BCUT2D eigenvalue weighted by Crippen LogP contribution is -2.42. The van der Waals surface area contributed by atoms with Gasteiger partial charge in [-0.1, -0.05) is 11.6 Å².